The van der Waals surface area contributed by atoms with Crippen molar-refractivity contribution in [3.63, 3.8) is 0 Å². The molecule has 0 aromatic carbocycles. The van der Waals surface area contributed by atoms with Crippen LogP contribution in [0.25, 0.3) is 0 Å². The summed E-state index contributed by atoms with van der Waals surface area (Å²) in [7, 11) is 0. The van der Waals surface area contributed by atoms with E-state index in [9.17, 15) is 0 Å². The highest BCUT2D eigenvalue weighted by molar-refractivity contribution is 5.09. The van der Waals surface area contributed by atoms with Gasteiger partial charge in [0.05, 0.1) is 0 Å². The van der Waals surface area contributed by atoms with Gasteiger partial charge in [0.2, 0.25) is 0 Å². The molecule has 0 aliphatic heterocycles. The summed E-state index contributed by atoms with van der Waals surface area (Å²) in [4.78, 5) is 0. The summed E-state index contributed by atoms with van der Waals surface area (Å²) < 4.78 is 0. The van der Waals surface area contributed by atoms with Crippen molar-refractivity contribution in [2.45, 2.75) is 83.7 Å². The number of nitrogens with two attached hydrogens (primary N) is 2. The molecule has 4 aliphatic carbocycles. The Morgan fingerprint density at radius 2 is 1.57 bits per heavy atom. The molecule has 0 amide bonds. The SMILES string of the molecule is C[C@]12CC[C@H]3[C@@H](CC[C@H]4CC[C@@H](N)C[C@@]43C)[C@@H]1C[C@H](N)C2. The first-order valence-electron chi connectivity index (χ1n) is 9.43. The Bertz CT molecular complexity index is 422. The highest BCUT2D eigenvalue weighted by Gasteiger charge is 2.58. The van der Waals surface area contributed by atoms with Gasteiger partial charge in [-0.05, 0) is 92.3 Å². The lowest BCUT2D eigenvalue weighted by molar-refractivity contribution is -0.106. The Hall–Kier alpha value is -0.0800. The van der Waals surface area contributed by atoms with Crippen molar-refractivity contribution >= 4 is 0 Å². The van der Waals surface area contributed by atoms with E-state index in [1.54, 1.807) is 0 Å². The van der Waals surface area contributed by atoms with Gasteiger partial charge in [-0.25, -0.2) is 0 Å². The fourth-order valence-electron chi connectivity index (χ4n) is 7.52. The standard InChI is InChI=1S/C19H34N2/c1-18-8-7-16-15(17(18)9-14(21)10-18)6-4-12-3-5-13(20)11-19(12,16)2/h12-17H,3-11,20-21H2,1-2H3/t12-,13-,14+,15-,16+,17+,18-,19+/m1/s1. The van der Waals surface area contributed by atoms with Gasteiger partial charge in [-0.15, -0.1) is 0 Å². The molecule has 4 saturated carbocycles. The van der Waals surface area contributed by atoms with Crippen LogP contribution in [0.4, 0.5) is 0 Å². The zero-order valence-corrected chi connectivity index (χ0v) is 14.0. The molecule has 0 aromatic rings. The lowest BCUT2D eigenvalue weighted by atomic mass is 9.45. The van der Waals surface area contributed by atoms with Crippen LogP contribution in [-0.2, 0) is 0 Å². The largest absolute Gasteiger partial charge is 0.328 e. The summed E-state index contributed by atoms with van der Waals surface area (Å²) in [6, 6.07) is 0.932. The predicted octanol–water partition coefficient (Wildman–Crippen LogP) is 3.68. The highest BCUT2D eigenvalue weighted by atomic mass is 14.7. The Kier molecular flexibility index (Phi) is 3.25. The van der Waals surface area contributed by atoms with Gasteiger partial charge in [0.1, 0.15) is 0 Å². The van der Waals surface area contributed by atoms with E-state index in [0.29, 0.717) is 22.9 Å². The summed E-state index contributed by atoms with van der Waals surface area (Å²) in [5, 5.41) is 0. The van der Waals surface area contributed by atoms with E-state index >= 15 is 0 Å². The molecule has 0 unspecified atom stereocenters. The second-order valence-corrected chi connectivity index (χ2v) is 9.59. The molecular weight excluding hydrogens is 256 g/mol. The molecule has 0 saturated heterocycles. The zero-order chi connectivity index (χ0) is 14.8. The number of hydrogen-bond donors (Lipinski definition) is 2. The Morgan fingerprint density at radius 1 is 0.810 bits per heavy atom. The van der Waals surface area contributed by atoms with Gasteiger partial charge in [-0.2, -0.15) is 0 Å². The van der Waals surface area contributed by atoms with Crippen LogP contribution in [0, 0.1) is 34.5 Å². The molecule has 120 valence electrons. The molecule has 4 N–H and O–H groups in total. The van der Waals surface area contributed by atoms with Crippen molar-refractivity contribution in [2.24, 2.45) is 46.0 Å². The maximum absolute atomic E-state index is 6.38. The quantitative estimate of drug-likeness (QED) is 0.715. The molecule has 2 nitrogen and oxygen atoms in total. The molecule has 2 heteroatoms. The number of hydrogen-bond acceptors (Lipinski definition) is 2. The topological polar surface area (TPSA) is 52.0 Å². The first-order chi connectivity index (χ1) is 9.92. The van der Waals surface area contributed by atoms with E-state index in [2.05, 4.69) is 13.8 Å². The average Bonchev–Trinajstić information content (AvgIpc) is 2.72. The third-order valence-electron chi connectivity index (χ3n) is 8.46. The molecule has 0 aromatic heterocycles. The number of rotatable bonds is 0. The van der Waals surface area contributed by atoms with Crippen molar-refractivity contribution in [1.29, 1.82) is 0 Å². The Balaban J connectivity index is 1.64. The van der Waals surface area contributed by atoms with Crippen LogP contribution in [0.3, 0.4) is 0 Å². The van der Waals surface area contributed by atoms with Gasteiger partial charge >= 0.3 is 0 Å². The van der Waals surface area contributed by atoms with Gasteiger partial charge in [-0.3, -0.25) is 0 Å². The summed E-state index contributed by atoms with van der Waals surface area (Å²) in [6.07, 6.45) is 12.3. The van der Waals surface area contributed by atoms with E-state index in [1.165, 1.54) is 57.8 Å². The summed E-state index contributed by atoms with van der Waals surface area (Å²) in [5.41, 5.74) is 13.8. The molecule has 4 rings (SSSR count). The van der Waals surface area contributed by atoms with Crippen molar-refractivity contribution in [2.75, 3.05) is 0 Å². The summed E-state index contributed by atoms with van der Waals surface area (Å²) >= 11 is 0. The summed E-state index contributed by atoms with van der Waals surface area (Å²) in [6.45, 7) is 5.15. The first-order valence-corrected chi connectivity index (χ1v) is 9.43. The molecule has 0 bridgehead atoms. The minimum atomic E-state index is 0.462. The summed E-state index contributed by atoms with van der Waals surface area (Å²) in [5.74, 6) is 3.75. The third kappa shape index (κ3) is 2.05. The molecule has 0 radical (unpaired) electrons. The van der Waals surface area contributed by atoms with Gasteiger partial charge < -0.3 is 11.5 Å². The van der Waals surface area contributed by atoms with Crippen LogP contribution < -0.4 is 11.5 Å². The molecular formula is C19H34N2. The second-order valence-electron chi connectivity index (χ2n) is 9.59. The molecule has 0 heterocycles. The highest BCUT2D eigenvalue weighted by Crippen LogP contribution is 2.65. The van der Waals surface area contributed by atoms with E-state index < -0.39 is 0 Å². The predicted molar refractivity (Wildman–Crippen MR) is 87.7 cm³/mol. The maximum atomic E-state index is 6.38. The Labute approximate surface area is 130 Å². The third-order valence-corrected chi connectivity index (χ3v) is 8.46. The van der Waals surface area contributed by atoms with Crippen molar-refractivity contribution in [1.82, 2.24) is 0 Å². The van der Waals surface area contributed by atoms with E-state index in [0.717, 1.165) is 23.7 Å². The normalized spacial score (nSPS) is 60.0. The van der Waals surface area contributed by atoms with Gasteiger partial charge in [-0.1, -0.05) is 13.8 Å². The average molecular weight is 290 g/mol. The minimum Gasteiger partial charge on any atom is -0.328 e. The fourth-order valence-corrected chi connectivity index (χ4v) is 7.52. The molecule has 4 aliphatic rings. The molecule has 21 heavy (non-hydrogen) atoms. The molecule has 8 atom stereocenters. The number of fused-ring (bicyclic) bond motifs is 5. The van der Waals surface area contributed by atoms with Crippen LogP contribution in [0.5, 0.6) is 0 Å². The monoisotopic (exact) mass is 290 g/mol. The minimum absolute atomic E-state index is 0.462. The Morgan fingerprint density at radius 3 is 2.38 bits per heavy atom. The van der Waals surface area contributed by atoms with Crippen LogP contribution in [0.15, 0.2) is 0 Å². The molecule has 4 fully saturated rings. The van der Waals surface area contributed by atoms with Crippen LogP contribution >= 0.6 is 0 Å². The molecule has 0 spiro atoms. The zero-order valence-electron chi connectivity index (χ0n) is 14.0. The van der Waals surface area contributed by atoms with Gasteiger partial charge in [0.25, 0.3) is 0 Å². The van der Waals surface area contributed by atoms with Crippen LogP contribution in [0.1, 0.15) is 71.6 Å². The lowest BCUT2D eigenvalue weighted by Crippen LogP contribution is -2.54. The van der Waals surface area contributed by atoms with E-state index in [4.69, 9.17) is 11.5 Å². The smallest absolute Gasteiger partial charge is 0.00470 e. The van der Waals surface area contributed by atoms with Crippen LogP contribution in [-0.4, -0.2) is 12.1 Å². The lowest BCUT2D eigenvalue weighted by Gasteiger charge is -2.60. The van der Waals surface area contributed by atoms with Crippen molar-refractivity contribution in [3.05, 3.63) is 0 Å². The van der Waals surface area contributed by atoms with E-state index in [-0.39, 0.29) is 0 Å². The maximum Gasteiger partial charge on any atom is 0.00470 e. The van der Waals surface area contributed by atoms with Gasteiger partial charge in [0, 0.05) is 12.1 Å². The van der Waals surface area contributed by atoms with E-state index in [1.807, 2.05) is 0 Å². The van der Waals surface area contributed by atoms with Gasteiger partial charge in [0.15, 0.2) is 0 Å². The first kappa shape index (κ1) is 14.5. The fraction of sp³-hybridized carbons (Fsp3) is 1.00. The van der Waals surface area contributed by atoms with Crippen molar-refractivity contribution in [3.8, 4) is 0 Å². The van der Waals surface area contributed by atoms with Crippen molar-refractivity contribution < 1.29 is 0 Å². The second kappa shape index (κ2) is 4.71. The van der Waals surface area contributed by atoms with Crippen LogP contribution in [0.2, 0.25) is 0 Å².